The molecule has 0 radical (unpaired) electrons. The van der Waals surface area contributed by atoms with Crippen LogP contribution in [-0.2, 0) is 0 Å². The normalized spacial score (nSPS) is 13.3. The van der Waals surface area contributed by atoms with Crippen LogP contribution >= 0.6 is 11.8 Å². The maximum Gasteiger partial charge on any atom is 0.321 e. The number of fused-ring (bicyclic) bond motifs is 1. The molecule has 0 aliphatic carbocycles. The predicted molar refractivity (Wildman–Crippen MR) is 83.6 cm³/mol. The van der Waals surface area contributed by atoms with E-state index in [0.29, 0.717) is 22.7 Å². The third-order valence-corrected chi connectivity index (χ3v) is 4.42. The van der Waals surface area contributed by atoms with Crippen LogP contribution < -0.4 is 0 Å². The molecule has 1 aromatic carbocycles. The molecular formula is C15H16F2N4OS. The van der Waals surface area contributed by atoms with Crippen LogP contribution in [0.5, 0.6) is 0 Å². The van der Waals surface area contributed by atoms with Crippen LogP contribution in [0.2, 0.25) is 0 Å². The standard InChI is InChI=1S/C15H16F2N4OS/c1-8(2)12-19-13(22-20-12)9(3)23-15-18-10-6-4-5-7-11(10)21(15)14(16)17/h4-9,14H,1-3H3. The molecule has 0 saturated carbocycles. The summed E-state index contributed by atoms with van der Waals surface area (Å²) in [6.45, 7) is 3.09. The van der Waals surface area contributed by atoms with Crippen molar-refractivity contribution < 1.29 is 13.3 Å². The second kappa shape index (κ2) is 6.27. The van der Waals surface area contributed by atoms with E-state index < -0.39 is 6.55 Å². The highest BCUT2D eigenvalue weighted by atomic mass is 32.2. The van der Waals surface area contributed by atoms with Crippen LogP contribution in [0.1, 0.15) is 50.2 Å². The minimum atomic E-state index is -2.66. The third kappa shape index (κ3) is 3.08. The van der Waals surface area contributed by atoms with E-state index in [-0.39, 0.29) is 16.3 Å². The summed E-state index contributed by atoms with van der Waals surface area (Å²) in [5, 5.41) is 3.86. The third-order valence-electron chi connectivity index (χ3n) is 3.36. The molecule has 0 aliphatic heterocycles. The van der Waals surface area contributed by atoms with E-state index in [4.69, 9.17) is 4.52 Å². The maximum absolute atomic E-state index is 13.4. The number of nitrogens with zero attached hydrogens (tertiary/aromatic N) is 4. The van der Waals surface area contributed by atoms with E-state index in [1.807, 2.05) is 20.8 Å². The molecule has 2 heterocycles. The van der Waals surface area contributed by atoms with E-state index in [2.05, 4.69) is 15.1 Å². The van der Waals surface area contributed by atoms with E-state index in [9.17, 15) is 8.78 Å². The zero-order valence-corrected chi connectivity index (χ0v) is 13.7. The Morgan fingerprint density at radius 3 is 2.52 bits per heavy atom. The zero-order valence-electron chi connectivity index (χ0n) is 12.9. The van der Waals surface area contributed by atoms with Gasteiger partial charge >= 0.3 is 6.55 Å². The molecule has 3 aromatic rings. The molecule has 0 N–H and O–H groups in total. The van der Waals surface area contributed by atoms with E-state index in [1.165, 1.54) is 11.8 Å². The van der Waals surface area contributed by atoms with Gasteiger partial charge in [-0.2, -0.15) is 13.8 Å². The molecular weight excluding hydrogens is 322 g/mol. The van der Waals surface area contributed by atoms with Gasteiger partial charge in [-0.05, 0) is 19.1 Å². The molecule has 3 rings (SSSR count). The van der Waals surface area contributed by atoms with E-state index >= 15 is 0 Å². The summed E-state index contributed by atoms with van der Waals surface area (Å²) in [6.07, 6.45) is 0. The smallest absolute Gasteiger partial charge is 0.321 e. The maximum atomic E-state index is 13.4. The van der Waals surface area contributed by atoms with Crippen molar-refractivity contribution in [2.75, 3.05) is 0 Å². The number of thioether (sulfide) groups is 1. The number of rotatable bonds is 5. The summed E-state index contributed by atoms with van der Waals surface area (Å²) in [5.41, 5.74) is 0.946. The SMILES string of the molecule is CC(C)c1noc(C(C)Sc2nc3ccccc3n2C(F)F)n1. The minimum absolute atomic E-state index is 0.148. The molecule has 1 unspecified atom stereocenters. The molecule has 0 fully saturated rings. The largest absolute Gasteiger partial charge is 0.338 e. The lowest BCUT2D eigenvalue weighted by atomic mass is 10.2. The van der Waals surface area contributed by atoms with Crippen LogP contribution in [0.25, 0.3) is 11.0 Å². The molecule has 1 atom stereocenters. The summed E-state index contributed by atoms with van der Waals surface area (Å²) in [4.78, 5) is 8.61. The summed E-state index contributed by atoms with van der Waals surface area (Å²) in [5.74, 6) is 1.16. The first kappa shape index (κ1) is 15.9. The second-order valence-corrected chi connectivity index (χ2v) is 6.74. The molecule has 0 saturated heterocycles. The molecule has 23 heavy (non-hydrogen) atoms. The number of alkyl halides is 2. The van der Waals surface area contributed by atoms with Gasteiger partial charge in [0.05, 0.1) is 16.3 Å². The fourth-order valence-electron chi connectivity index (χ4n) is 2.15. The lowest BCUT2D eigenvalue weighted by Crippen LogP contribution is -2.01. The summed E-state index contributed by atoms with van der Waals surface area (Å²) < 4.78 is 33.0. The number of halogens is 2. The molecule has 8 heteroatoms. The Hall–Kier alpha value is -1.96. The average molecular weight is 338 g/mol. The Labute approximate surface area is 136 Å². The average Bonchev–Trinajstić information content (AvgIpc) is 3.11. The highest BCUT2D eigenvalue weighted by Gasteiger charge is 2.23. The van der Waals surface area contributed by atoms with Gasteiger partial charge in [0.2, 0.25) is 5.89 Å². The van der Waals surface area contributed by atoms with E-state index in [1.54, 1.807) is 24.3 Å². The van der Waals surface area contributed by atoms with Crippen molar-refractivity contribution >= 4 is 22.8 Å². The summed E-state index contributed by atoms with van der Waals surface area (Å²) in [6, 6.07) is 6.84. The topological polar surface area (TPSA) is 56.7 Å². The van der Waals surface area contributed by atoms with Crippen molar-refractivity contribution in [3.8, 4) is 0 Å². The molecule has 0 amide bonds. The molecule has 0 bridgehead atoms. The first-order valence-electron chi connectivity index (χ1n) is 7.22. The predicted octanol–water partition coefficient (Wildman–Crippen LogP) is 4.79. The highest BCUT2D eigenvalue weighted by molar-refractivity contribution is 7.99. The first-order chi connectivity index (χ1) is 11.0. The van der Waals surface area contributed by atoms with Crippen molar-refractivity contribution in [2.45, 2.75) is 43.6 Å². The quantitative estimate of drug-likeness (QED) is 0.626. The summed E-state index contributed by atoms with van der Waals surface area (Å²) >= 11 is 1.18. The molecule has 0 spiro atoms. The number of benzene rings is 1. The van der Waals surface area contributed by atoms with Gasteiger partial charge < -0.3 is 4.52 Å². The molecule has 0 aliphatic rings. The summed E-state index contributed by atoms with van der Waals surface area (Å²) in [7, 11) is 0. The Morgan fingerprint density at radius 2 is 1.87 bits per heavy atom. The zero-order chi connectivity index (χ0) is 16.6. The van der Waals surface area contributed by atoms with Gasteiger partial charge in [0, 0.05) is 5.92 Å². The van der Waals surface area contributed by atoms with Gasteiger partial charge in [-0.25, -0.2) is 4.98 Å². The first-order valence-corrected chi connectivity index (χ1v) is 8.10. The van der Waals surface area contributed by atoms with Crippen LogP contribution in [0, 0.1) is 0 Å². The molecule has 5 nitrogen and oxygen atoms in total. The Bertz CT molecular complexity index is 815. The van der Waals surface area contributed by atoms with Crippen molar-refractivity contribution in [3.05, 3.63) is 36.0 Å². The number of hydrogen-bond donors (Lipinski definition) is 0. The lowest BCUT2D eigenvalue weighted by molar-refractivity contribution is 0.0656. The second-order valence-electron chi connectivity index (χ2n) is 5.44. The van der Waals surface area contributed by atoms with Crippen LogP contribution in [0.3, 0.4) is 0 Å². The Balaban J connectivity index is 1.92. The van der Waals surface area contributed by atoms with Gasteiger partial charge in [-0.15, -0.1) is 0 Å². The van der Waals surface area contributed by atoms with Gasteiger partial charge in [0.15, 0.2) is 11.0 Å². The van der Waals surface area contributed by atoms with E-state index in [0.717, 1.165) is 4.57 Å². The fraction of sp³-hybridized carbons (Fsp3) is 0.400. The minimum Gasteiger partial charge on any atom is -0.338 e. The number of hydrogen-bond acceptors (Lipinski definition) is 5. The van der Waals surface area contributed by atoms with Crippen molar-refractivity contribution in [1.82, 2.24) is 19.7 Å². The number of aromatic nitrogens is 4. The van der Waals surface area contributed by atoms with Crippen LogP contribution in [0.15, 0.2) is 33.9 Å². The van der Waals surface area contributed by atoms with Gasteiger partial charge in [0.1, 0.15) is 0 Å². The van der Waals surface area contributed by atoms with Crippen LogP contribution in [-0.4, -0.2) is 19.7 Å². The van der Waals surface area contributed by atoms with Gasteiger partial charge in [-0.1, -0.05) is 42.9 Å². The number of imidazole rings is 1. The number of para-hydroxylation sites is 2. The lowest BCUT2D eigenvalue weighted by Gasteiger charge is -2.09. The highest BCUT2D eigenvalue weighted by Crippen LogP contribution is 2.37. The molecule has 2 aromatic heterocycles. The Kier molecular flexibility index (Phi) is 4.34. The van der Waals surface area contributed by atoms with Gasteiger partial charge in [0.25, 0.3) is 0 Å². The monoisotopic (exact) mass is 338 g/mol. The van der Waals surface area contributed by atoms with Crippen molar-refractivity contribution in [3.63, 3.8) is 0 Å². The Morgan fingerprint density at radius 1 is 1.13 bits per heavy atom. The van der Waals surface area contributed by atoms with Crippen molar-refractivity contribution in [1.29, 1.82) is 0 Å². The molecule has 122 valence electrons. The van der Waals surface area contributed by atoms with Crippen LogP contribution in [0.4, 0.5) is 8.78 Å². The van der Waals surface area contributed by atoms with Crippen molar-refractivity contribution in [2.24, 2.45) is 0 Å². The fourth-order valence-corrected chi connectivity index (χ4v) is 3.10. The van der Waals surface area contributed by atoms with Gasteiger partial charge in [-0.3, -0.25) is 4.57 Å².